The summed E-state index contributed by atoms with van der Waals surface area (Å²) in [7, 11) is 4.00. The lowest BCUT2D eigenvalue weighted by molar-refractivity contribution is 0.133. The normalized spacial score (nSPS) is 14.3. The summed E-state index contributed by atoms with van der Waals surface area (Å²) in [5, 5.41) is 10.5. The Morgan fingerprint density at radius 2 is 2.05 bits per heavy atom. The molecule has 0 aliphatic rings. The summed E-state index contributed by atoms with van der Waals surface area (Å²) in [4.78, 5) is 2.07. The first-order valence-corrected chi connectivity index (χ1v) is 7.27. The third-order valence-electron chi connectivity index (χ3n) is 3.26. The minimum atomic E-state index is -0.693. The van der Waals surface area contributed by atoms with E-state index in [9.17, 15) is 5.11 Å². The third-order valence-corrected chi connectivity index (χ3v) is 3.26. The number of aliphatic hydroxyl groups excluding tert-OH is 1. The molecule has 0 aliphatic heterocycles. The van der Waals surface area contributed by atoms with Crippen molar-refractivity contribution in [2.24, 2.45) is 5.73 Å². The van der Waals surface area contributed by atoms with Crippen molar-refractivity contribution in [3.05, 3.63) is 29.3 Å². The number of nitrogens with two attached hydrogens (primary N) is 1. The molecule has 2 unspecified atom stereocenters. The van der Waals surface area contributed by atoms with Gasteiger partial charge in [-0.2, -0.15) is 0 Å². The smallest absolute Gasteiger partial charge is 0.125 e. The topological polar surface area (TPSA) is 58.7 Å². The quantitative estimate of drug-likeness (QED) is 0.765. The molecule has 0 spiro atoms. The van der Waals surface area contributed by atoms with E-state index < -0.39 is 6.10 Å². The van der Waals surface area contributed by atoms with Gasteiger partial charge < -0.3 is 20.5 Å². The van der Waals surface area contributed by atoms with Gasteiger partial charge in [0.25, 0.3) is 0 Å². The summed E-state index contributed by atoms with van der Waals surface area (Å²) in [5.41, 5.74) is 8.01. The zero-order chi connectivity index (χ0) is 15.1. The van der Waals surface area contributed by atoms with E-state index in [0.29, 0.717) is 6.61 Å². The number of nitrogens with zero attached hydrogens (tertiary/aromatic N) is 1. The van der Waals surface area contributed by atoms with Crippen LogP contribution in [0.5, 0.6) is 5.75 Å². The fraction of sp³-hybridized carbons (Fsp3) is 0.625. The van der Waals surface area contributed by atoms with Crippen molar-refractivity contribution in [1.82, 2.24) is 4.90 Å². The molecule has 0 radical (unpaired) electrons. The summed E-state index contributed by atoms with van der Waals surface area (Å²) in [5.74, 6) is 0.741. The third kappa shape index (κ3) is 5.12. The molecule has 1 rings (SSSR count). The van der Waals surface area contributed by atoms with Crippen molar-refractivity contribution in [3.8, 4) is 5.75 Å². The highest BCUT2D eigenvalue weighted by Gasteiger charge is 2.21. The average Bonchev–Trinajstić information content (AvgIpc) is 2.42. The molecule has 0 saturated carbocycles. The fourth-order valence-corrected chi connectivity index (χ4v) is 2.04. The van der Waals surface area contributed by atoms with Crippen LogP contribution in [-0.2, 0) is 0 Å². The molecular weight excluding hydrogens is 252 g/mol. The van der Waals surface area contributed by atoms with Crippen molar-refractivity contribution in [2.45, 2.75) is 38.8 Å². The molecule has 0 heterocycles. The molecule has 3 N–H and O–H groups in total. The van der Waals surface area contributed by atoms with Gasteiger partial charge >= 0.3 is 0 Å². The molecule has 0 saturated heterocycles. The largest absolute Gasteiger partial charge is 0.493 e. The lowest BCUT2D eigenvalue weighted by Gasteiger charge is -2.23. The summed E-state index contributed by atoms with van der Waals surface area (Å²) in [6, 6.07) is 5.59. The molecule has 114 valence electrons. The zero-order valence-electron chi connectivity index (χ0n) is 13.1. The van der Waals surface area contributed by atoms with E-state index in [0.717, 1.165) is 36.3 Å². The summed E-state index contributed by atoms with van der Waals surface area (Å²) in [6.45, 7) is 5.57. The van der Waals surface area contributed by atoms with Crippen LogP contribution in [0.15, 0.2) is 18.2 Å². The molecule has 4 nitrogen and oxygen atoms in total. The molecule has 1 aromatic rings. The highest BCUT2D eigenvalue weighted by Crippen LogP contribution is 2.29. The molecule has 0 aliphatic carbocycles. The van der Waals surface area contributed by atoms with Gasteiger partial charge in [0.2, 0.25) is 0 Å². The van der Waals surface area contributed by atoms with E-state index in [-0.39, 0.29) is 6.04 Å². The molecular formula is C16H28N2O2. The zero-order valence-corrected chi connectivity index (χ0v) is 13.1. The number of hydrogen-bond acceptors (Lipinski definition) is 4. The monoisotopic (exact) mass is 280 g/mol. The van der Waals surface area contributed by atoms with Gasteiger partial charge in [-0.1, -0.05) is 18.6 Å². The maximum absolute atomic E-state index is 10.5. The summed E-state index contributed by atoms with van der Waals surface area (Å²) in [6.07, 6.45) is 0.993. The Labute approximate surface area is 122 Å². The van der Waals surface area contributed by atoms with E-state index in [1.54, 1.807) is 0 Å². The van der Waals surface area contributed by atoms with Crippen LogP contribution in [0.25, 0.3) is 0 Å². The van der Waals surface area contributed by atoms with Crippen molar-refractivity contribution >= 4 is 0 Å². The second kappa shape index (κ2) is 8.25. The SMILES string of the molecule is CCCOc1ccc(C)cc1C(O)C(N)CCN(C)C. The number of ether oxygens (including phenoxy) is 1. The maximum Gasteiger partial charge on any atom is 0.125 e. The number of aliphatic hydroxyl groups is 1. The molecule has 20 heavy (non-hydrogen) atoms. The van der Waals surface area contributed by atoms with Gasteiger partial charge in [-0.25, -0.2) is 0 Å². The highest BCUT2D eigenvalue weighted by molar-refractivity contribution is 5.39. The Kier molecular flexibility index (Phi) is 6.99. The van der Waals surface area contributed by atoms with Crippen LogP contribution in [0.4, 0.5) is 0 Å². The van der Waals surface area contributed by atoms with Gasteiger partial charge in [-0.05, 0) is 52.5 Å². The van der Waals surface area contributed by atoms with E-state index >= 15 is 0 Å². The molecule has 0 aromatic heterocycles. The van der Waals surface area contributed by atoms with Gasteiger partial charge in [-0.15, -0.1) is 0 Å². The maximum atomic E-state index is 10.5. The van der Waals surface area contributed by atoms with Crippen LogP contribution in [0.1, 0.15) is 37.0 Å². The van der Waals surface area contributed by atoms with Crippen LogP contribution >= 0.6 is 0 Å². The van der Waals surface area contributed by atoms with Crippen LogP contribution in [0.2, 0.25) is 0 Å². The predicted octanol–water partition coefficient (Wildman–Crippen LogP) is 2.10. The number of rotatable bonds is 8. The number of benzene rings is 1. The number of aryl methyl sites for hydroxylation is 1. The van der Waals surface area contributed by atoms with Crippen molar-refractivity contribution in [3.63, 3.8) is 0 Å². The van der Waals surface area contributed by atoms with E-state index in [1.807, 2.05) is 39.2 Å². The molecule has 1 aromatic carbocycles. The van der Waals surface area contributed by atoms with E-state index in [2.05, 4.69) is 11.8 Å². The first-order valence-electron chi connectivity index (χ1n) is 7.27. The molecule has 4 heteroatoms. The lowest BCUT2D eigenvalue weighted by Crippen LogP contribution is -2.32. The average molecular weight is 280 g/mol. The Balaban J connectivity index is 2.83. The molecule has 0 amide bonds. The number of hydrogen-bond donors (Lipinski definition) is 2. The van der Waals surface area contributed by atoms with Gasteiger partial charge in [0.05, 0.1) is 12.7 Å². The van der Waals surface area contributed by atoms with Crippen molar-refractivity contribution in [2.75, 3.05) is 27.2 Å². The highest BCUT2D eigenvalue weighted by atomic mass is 16.5. The van der Waals surface area contributed by atoms with Crippen LogP contribution in [-0.4, -0.2) is 43.3 Å². The Hall–Kier alpha value is -1.10. The van der Waals surface area contributed by atoms with Crippen molar-refractivity contribution < 1.29 is 9.84 Å². The second-order valence-electron chi connectivity index (χ2n) is 5.59. The summed E-state index contributed by atoms with van der Waals surface area (Å²) < 4.78 is 5.71. The van der Waals surface area contributed by atoms with Crippen molar-refractivity contribution in [1.29, 1.82) is 0 Å². The van der Waals surface area contributed by atoms with Crippen LogP contribution < -0.4 is 10.5 Å². The predicted molar refractivity (Wildman–Crippen MR) is 83.1 cm³/mol. The lowest BCUT2D eigenvalue weighted by atomic mass is 9.98. The first-order chi connectivity index (χ1) is 9.45. The van der Waals surface area contributed by atoms with E-state index in [1.165, 1.54) is 0 Å². The minimum Gasteiger partial charge on any atom is -0.493 e. The Morgan fingerprint density at radius 1 is 1.35 bits per heavy atom. The molecule has 2 atom stereocenters. The first kappa shape index (κ1) is 17.0. The second-order valence-corrected chi connectivity index (χ2v) is 5.59. The molecule has 0 fully saturated rings. The van der Waals surface area contributed by atoms with Crippen LogP contribution in [0.3, 0.4) is 0 Å². The Bertz CT molecular complexity index is 407. The van der Waals surface area contributed by atoms with Gasteiger partial charge in [0, 0.05) is 11.6 Å². The van der Waals surface area contributed by atoms with Gasteiger partial charge in [0.15, 0.2) is 0 Å². The molecule has 0 bridgehead atoms. The minimum absolute atomic E-state index is 0.289. The summed E-state index contributed by atoms with van der Waals surface area (Å²) >= 11 is 0. The Morgan fingerprint density at radius 3 is 2.65 bits per heavy atom. The van der Waals surface area contributed by atoms with Gasteiger partial charge in [0.1, 0.15) is 5.75 Å². The standard InChI is InChI=1S/C16H28N2O2/c1-5-10-20-15-7-6-12(2)11-13(15)16(19)14(17)8-9-18(3)4/h6-7,11,14,16,19H,5,8-10,17H2,1-4H3. The van der Waals surface area contributed by atoms with Gasteiger partial charge in [-0.3, -0.25) is 0 Å². The van der Waals surface area contributed by atoms with Crippen LogP contribution in [0, 0.1) is 6.92 Å². The fourth-order valence-electron chi connectivity index (χ4n) is 2.04. The van der Waals surface area contributed by atoms with E-state index in [4.69, 9.17) is 10.5 Å².